The molecule has 1 aliphatic carbocycles. The van der Waals surface area contributed by atoms with Gasteiger partial charge in [-0.25, -0.2) is 0 Å². The Kier molecular flexibility index (Phi) is 3.54. The summed E-state index contributed by atoms with van der Waals surface area (Å²) in [5, 5.41) is 4.53. The van der Waals surface area contributed by atoms with Crippen molar-refractivity contribution in [1.82, 2.24) is 9.78 Å². The summed E-state index contributed by atoms with van der Waals surface area (Å²) in [6.07, 6.45) is 6.89. The van der Waals surface area contributed by atoms with Crippen LogP contribution < -0.4 is 5.73 Å². The van der Waals surface area contributed by atoms with Gasteiger partial charge in [0.2, 0.25) is 0 Å². The lowest BCUT2D eigenvalue weighted by Gasteiger charge is -2.48. The van der Waals surface area contributed by atoms with Crippen molar-refractivity contribution >= 4 is 0 Å². The van der Waals surface area contributed by atoms with E-state index in [9.17, 15) is 0 Å². The highest BCUT2D eigenvalue weighted by Gasteiger charge is 2.43. The molecule has 1 saturated carbocycles. The van der Waals surface area contributed by atoms with Crippen LogP contribution in [-0.2, 0) is 19.9 Å². The molecule has 2 N–H and O–H groups in total. The molecule has 0 saturated heterocycles. The summed E-state index contributed by atoms with van der Waals surface area (Å²) in [6, 6.07) is 2.22. The van der Waals surface area contributed by atoms with E-state index < -0.39 is 0 Å². The van der Waals surface area contributed by atoms with Crippen LogP contribution in [0.3, 0.4) is 0 Å². The first-order valence-electron chi connectivity index (χ1n) is 7.19. The normalized spacial score (nSPS) is 27.4. The topological polar surface area (TPSA) is 43.8 Å². The van der Waals surface area contributed by atoms with Crippen LogP contribution in [0.5, 0.6) is 0 Å². The van der Waals surface area contributed by atoms with Crippen LogP contribution in [0.1, 0.15) is 57.8 Å². The van der Waals surface area contributed by atoms with Crippen molar-refractivity contribution in [2.75, 3.05) is 0 Å². The van der Waals surface area contributed by atoms with E-state index in [0.29, 0.717) is 0 Å². The zero-order valence-electron chi connectivity index (χ0n) is 12.3. The molecule has 0 radical (unpaired) electrons. The Hall–Kier alpha value is -0.830. The molecule has 18 heavy (non-hydrogen) atoms. The van der Waals surface area contributed by atoms with Gasteiger partial charge in [-0.1, -0.05) is 33.6 Å². The Bertz CT molecular complexity index is 419. The maximum atomic E-state index is 6.75. The van der Waals surface area contributed by atoms with Crippen molar-refractivity contribution in [1.29, 1.82) is 0 Å². The number of rotatable bonds is 3. The molecule has 0 aliphatic heterocycles. The standard InChI is InChI=1S/C15H27N3/c1-5-12-10-13(18(4)17-12)11-15(16)9-7-6-8-14(15,2)3/h10H,5-9,11,16H2,1-4H3. The first kappa shape index (κ1) is 13.6. The lowest BCUT2D eigenvalue weighted by molar-refractivity contribution is 0.0972. The number of nitrogens with zero attached hydrogens (tertiary/aromatic N) is 2. The summed E-state index contributed by atoms with van der Waals surface area (Å²) < 4.78 is 2.01. The lowest BCUT2D eigenvalue weighted by Crippen LogP contribution is -2.56. The molecule has 1 aromatic rings. The first-order chi connectivity index (χ1) is 8.38. The molecule has 1 aromatic heterocycles. The van der Waals surface area contributed by atoms with Crippen molar-refractivity contribution in [3.8, 4) is 0 Å². The summed E-state index contributed by atoms with van der Waals surface area (Å²) >= 11 is 0. The van der Waals surface area contributed by atoms with E-state index in [1.165, 1.54) is 30.7 Å². The molecule has 0 amide bonds. The summed E-state index contributed by atoms with van der Waals surface area (Å²) in [7, 11) is 2.04. The van der Waals surface area contributed by atoms with Crippen LogP contribution in [-0.4, -0.2) is 15.3 Å². The fourth-order valence-electron chi connectivity index (χ4n) is 3.16. The lowest BCUT2D eigenvalue weighted by atomic mass is 9.62. The molecule has 0 spiro atoms. The number of aryl methyl sites for hydroxylation is 2. The molecule has 3 nitrogen and oxygen atoms in total. The molecular formula is C15H27N3. The van der Waals surface area contributed by atoms with Crippen molar-refractivity contribution in [2.24, 2.45) is 18.2 Å². The Balaban J connectivity index is 2.23. The van der Waals surface area contributed by atoms with Gasteiger partial charge < -0.3 is 5.73 Å². The van der Waals surface area contributed by atoms with Gasteiger partial charge in [-0.05, 0) is 30.7 Å². The van der Waals surface area contributed by atoms with Crippen molar-refractivity contribution in [3.05, 3.63) is 17.5 Å². The maximum Gasteiger partial charge on any atom is 0.0624 e. The summed E-state index contributed by atoms with van der Waals surface area (Å²) in [4.78, 5) is 0. The quantitative estimate of drug-likeness (QED) is 0.895. The highest BCUT2D eigenvalue weighted by Crippen LogP contribution is 2.43. The zero-order valence-corrected chi connectivity index (χ0v) is 12.3. The second-order valence-corrected chi connectivity index (χ2v) is 6.53. The molecular weight excluding hydrogens is 222 g/mol. The predicted octanol–water partition coefficient (Wildman–Crippen LogP) is 2.82. The Morgan fingerprint density at radius 1 is 1.33 bits per heavy atom. The molecule has 1 aliphatic rings. The van der Waals surface area contributed by atoms with Gasteiger partial charge in [0, 0.05) is 24.7 Å². The van der Waals surface area contributed by atoms with E-state index in [1.54, 1.807) is 0 Å². The molecule has 3 heteroatoms. The largest absolute Gasteiger partial charge is 0.324 e. The SMILES string of the molecule is CCc1cc(CC2(N)CCCCC2(C)C)n(C)n1. The van der Waals surface area contributed by atoms with Gasteiger partial charge >= 0.3 is 0 Å². The average molecular weight is 249 g/mol. The van der Waals surface area contributed by atoms with Crippen LogP contribution in [0.15, 0.2) is 6.07 Å². The van der Waals surface area contributed by atoms with E-state index >= 15 is 0 Å². The van der Waals surface area contributed by atoms with Crippen molar-refractivity contribution in [3.63, 3.8) is 0 Å². The van der Waals surface area contributed by atoms with Crippen LogP contribution in [0.2, 0.25) is 0 Å². The number of hydrogen-bond acceptors (Lipinski definition) is 2. The van der Waals surface area contributed by atoms with E-state index in [2.05, 4.69) is 31.9 Å². The molecule has 0 aromatic carbocycles. The van der Waals surface area contributed by atoms with Crippen molar-refractivity contribution in [2.45, 2.75) is 64.8 Å². The predicted molar refractivity (Wildman–Crippen MR) is 75.5 cm³/mol. The third kappa shape index (κ3) is 2.33. The minimum Gasteiger partial charge on any atom is -0.324 e. The van der Waals surface area contributed by atoms with Gasteiger partial charge in [0.05, 0.1) is 5.69 Å². The summed E-state index contributed by atoms with van der Waals surface area (Å²) in [5.41, 5.74) is 9.34. The summed E-state index contributed by atoms with van der Waals surface area (Å²) in [5.74, 6) is 0. The summed E-state index contributed by atoms with van der Waals surface area (Å²) in [6.45, 7) is 6.79. The van der Waals surface area contributed by atoms with Gasteiger partial charge in [-0.3, -0.25) is 4.68 Å². The monoisotopic (exact) mass is 249 g/mol. The minimum atomic E-state index is -0.0793. The molecule has 1 atom stereocenters. The second kappa shape index (κ2) is 4.69. The highest BCUT2D eigenvalue weighted by molar-refractivity contribution is 5.16. The van der Waals surface area contributed by atoms with Crippen LogP contribution in [0, 0.1) is 5.41 Å². The van der Waals surface area contributed by atoms with Gasteiger partial charge in [-0.15, -0.1) is 0 Å². The smallest absolute Gasteiger partial charge is 0.0624 e. The highest BCUT2D eigenvalue weighted by atomic mass is 15.3. The fourth-order valence-corrected chi connectivity index (χ4v) is 3.16. The molecule has 0 bridgehead atoms. The maximum absolute atomic E-state index is 6.75. The van der Waals surface area contributed by atoms with Crippen LogP contribution >= 0.6 is 0 Å². The van der Waals surface area contributed by atoms with Gasteiger partial charge in [0.25, 0.3) is 0 Å². The van der Waals surface area contributed by atoms with Gasteiger partial charge in [0.1, 0.15) is 0 Å². The third-order valence-corrected chi connectivity index (χ3v) is 4.91. The first-order valence-corrected chi connectivity index (χ1v) is 7.19. The number of hydrogen-bond donors (Lipinski definition) is 1. The fraction of sp³-hybridized carbons (Fsp3) is 0.800. The zero-order chi connectivity index (χ0) is 13.4. The Labute approximate surface area is 111 Å². The number of nitrogens with two attached hydrogens (primary N) is 1. The minimum absolute atomic E-state index is 0.0793. The Morgan fingerprint density at radius 3 is 2.56 bits per heavy atom. The second-order valence-electron chi connectivity index (χ2n) is 6.53. The average Bonchev–Trinajstić information content (AvgIpc) is 2.64. The molecule has 1 fully saturated rings. The Morgan fingerprint density at radius 2 is 2.00 bits per heavy atom. The van der Waals surface area contributed by atoms with E-state index in [0.717, 1.165) is 19.3 Å². The third-order valence-electron chi connectivity index (χ3n) is 4.91. The molecule has 2 rings (SSSR count). The van der Waals surface area contributed by atoms with E-state index in [4.69, 9.17) is 5.73 Å². The van der Waals surface area contributed by atoms with Gasteiger partial charge in [0.15, 0.2) is 0 Å². The van der Waals surface area contributed by atoms with Crippen LogP contribution in [0.25, 0.3) is 0 Å². The van der Waals surface area contributed by atoms with E-state index in [1.807, 2.05) is 11.7 Å². The molecule has 1 unspecified atom stereocenters. The molecule has 1 heterocycles. The van der Waals surface area contributed by atoms with E-state index in [-0.39, 0.29) is 11.0 Å². The molecule has 102 valence electrons. The van der Waals surface area contributed by atoms with Crippen LogP contribution in [0.4, 0.5) is 0 Å². The van der Waals surface area contributed by atoms with Crippen molar-refractivity contribution < 1.29 is 0 Å². The number of aromatic nitrogens is 2. The van der Waals surface area contributed by atoms with Gasteiger partial charge in [-0.2, -0.15) is 5.10 Å².